The number of hydrogen-bond donors (Lipinski definition) is 2. The SMILES string of the molecule is C=C=C(C)C(O)O. The van der Waals surface area contributed by atoms with Crippen molar-refractivity contribution in [2.24, 2.45) is 0 Å². The van der Waals surface area contributed by atoms with Gasteiger partial charge in [-0.2, -0.15) is 0 Å². The maximum atomic E-state index is 8.24. The van der Waals surface area contributed by atoms with Crippen molar-refractivity contribution in [1.29, 1.82) is 0 Å². The first kappa shape index (κ1) is 6.44. The van der Waals surface area contributed by atoms with E-state index in [-0.39, 0.29) is 0 Å². The summed E-state index contributed by atoms with van der Waals surface area (Å²) in [7, 11) is 0. The smallest absolute Gasteiger partial charge is 0.181 e. The van der Waals surface area contributed by atoms with E-state index < -0.39 is 6.29 Å². The molecule has 0 aromatic heterocycles. The summed E-state index contributed by atoms with van der Waals surface area (Å²) < 4.78 is 0. The van der Waals surface area contributed by atoms with E-state index in [2.05, 4.69) is 12.3 Å². The summed E-state index contributed by atoms with van der Waals surface area (Å²) >= 11 is 0. The Morgan fingerprint density at radius 3 is 2.14 bits per heavy atom. The highest BCUT2D eigenvalue weighted by molar-refractivity contribution is 4.96. The third-order valence-electron chi connectivity index (χ3n) is 0.666. The number of aliphatic hydroxyl groups excluding tert-OH is 1. The Kier molecular flexibility index (Phi) is 2.38. The molecule has 0 saturated heterocycles. The minimum Gasteiger partial charge on any atom is -0.364 e. The second-order valence-corrected chi connectivity index (χ2v) is 1.23. The highest BCUT2D eigenvalue weighted by Gasteiger charge is 1.94. The van der Waals surface area contributed by atoms with Gasteiger partial charge < -0.3 is 10.2 Å². The van der Waals surface area contributed by atoms with Crippen LogP contribution in [0, 0.1) is 0 Å². The van der Waals surface area contributed by atoms with Gasteiger partial charge in [0.25, 0.3) is 0 Å². The summed E-state index contributed by atoms with van der Waals surface area (Å²) in [6.07, 6.45) is -1.39. The van der Waals surface area contributed by atoms with Gasteiger partial charge in [0.2, 0.25) is 0 Å². The second-order valence-electron chi connectivity index (χ2n) is 1.23. The third-order valence-corrected chi connectivity index (χ3v) is 0.666. The maximum absolute atomic E-state index is 8.24. The normalized spacial score (nSPS) is 8.57. The molecule has 0 aliphatic rings. The van der Waals surface area contributed by atoms with Crippen LogP contribution in [0.4, 0.5) is 0 Å². The van der Waals surface area contributed by atoms with Gasteiger partial charge in [0.1, 0.15) is 0 Å². The molecule has 0 bridgehead atoms. The lowest BCUT2D eigenvalue weighted by atomic mass is 10.3. The van der Waals surface area contributed by atoms with Gasteiger partial charge in [-0.25, -0.2) is 0 Å². The van der Waals surface area contributed by atoms with Gasteiger partial charge in [-0.1, -0.05) is 6.58 Å². The Bertz CT molecular complexity index is 98.6. The summed E-state index contributed by atoms with van der Waals surface area (Å²) in [6.45, 7) is 4.74. The molecule has 0 aliphatic carbocycles. The van der Waals surface area contributed by atoms with E-state index in [0.717, 1.165) is 0 Å². The zero-order valence-electron chi connectivity index (χ0n) is 4.18. The van der Waals surface area contributed by atoms with Crippen LogP contribution in [-0.2, 0) is 0 Å². The van der Waals surface area contributed by atoms with Crippen LogP contribution in [0.25, 0.3) is 0 Å². The van der Waals surface area contributed by atoms with Crippen molar-refractivity contribution in [1.82, 2.24) is 0 Å². The predicted octanol–water partition coefficient (Wildman–Crippen LogP) is 0.0283. The molecule has 40 valence electrons. The molecule has 2 nitrogen and oxygen atoms in total. The molecule has 0 saturated carbocycles. The molecule has 0 aromatic carbocycles. The number of aliphatic hydroxyl groups is 2. The first-order valence-electron chi connectivity index (χ1n) is 1.91. The van der Waals surface area contributed by atoms with Crippen LogP contribution in [0.1, 0.15) is 6.92 Å². The van der Waals surface area contributed by atoms with Crippen LogP contribution < -0.4 is 0 Å². The summed E-state index contributed by atoms with van der Waals surface area (Å²) in [6, 6.07) is 0. The average Bonchev–Trinajstić information content (AvgIpc) is 1.65. The summed E-state index contributed by atoms with van der Waals surface area (Å²) in [4.78, 5) is 0. The van der Waals surface area contributed by atoms with Crippen LogP contribution in [0.15, 0.2) is 17.9 Å². The largest absolute Gasteiger partial charge is 0.364 e. The van der Waals surface area contributed by atoms with E-state index in [0.29, 0.717) is 5.57 Å². The van der Waals surface area contributed by atoms with E-state index in [1.807, 2.05) is 0 Å². The van der Waals surface area contributed by atoms with E-state index >= 15 is 0 Å². The minimum atomic E-state index is -1.39. The molecule has 0 aromatic rings. The van der Waals surface area contributed by atoms with Crippen LogP contribution in [0.3, 0.4) is 0 Å². The number of rotatable bonds is 1. The first-order valence-corrected chi connectivity index (χ1v) is 1.91. The molecular weight excluding hydrogens is 92.1 g/mol. The Labute approximate surface area is 42.4 Å². The van der Waals surface area contributed by atoms with E-state index in [1.54, 1.807) is 0 Å². The molecule has 0 unspecified atom stereocenters. The van der Waals surface area contributed by atoms with Gasteiger partial charge >= 0.3 is 0 Å². The molecule has 0 fully saturated rings. The molecule has 0 amide bonds. The van der Waals surface area contributed by atoms with E-state index in [4.69, 9.17) is 10.2 Å². The van der Waals surface area contributed by atoms with Crippen LogP contribution in [0.2, 0.25) is 0 Å². The zero-order chi connectivity index (χ0) is 5.86. The van der Waals surface area contributed by atoms with Gasteiger partial charge in [0, 0.05) is 5.57 Å². The van der Waals surface area contributed by atoms with Crippen molar-refractivity contribution in [3.63, 3.8) is 0 Å². The van der Waals surface area contributed by atoms with E-state index in [1.165, 1.54) is 6.92 Å². The van der Waals surface area contributed by atoms with Gasteiger partial charge in [-0.15, -0.1) is 5.73 Å². The molecule has 0 atom stereocenters. The van der Waals surface area contributed by atoms with Crippen LogP contribution in [-0.4, -0.2) is 16.5 Å². The van der Waals surface area contributed by atoms with Crippen LogP contribution in [0.5, 0.6) is 0 Å². The summed E-state index contributed by atoms with van der Waals surface area (Å²) in [5, 5.41) is 16.5. The summed E-state index contributed by atoms with van der Waals surface area (Å²) in [5.41, 5.74) is 2.68. The fourth-order valence-electron chi connectivity index (χ4n) is 0.0913. The highest BCUT2D eigenvalue weighted by atomic mass is 16.5. The van der Waals surface area contributed by atoms with Crippen molar-refractivity contribution in [2.45, 2.75) is 13.2 Å². The van der Waals surface area contributed by atoms with E-state index in [9.17, 15) is 0 Å². The van der Waals surface area contributed by atoms with Crippen molar-refractivity contribution >= 4 is 0 Å². The van der Waals surface area contributed by atoms with Crippen molar-refractivity contribution in [3.05, 3.63) is 17.9 Å². The first-order chi connectivity index (χ1) is 3.18. The lowest BCUT2D eigenvalue weighted by Gasteiger charge is -1.95. The molecule has 2 heteroatoms. The molecule has 2 N–H and O–H groups in total. The van der Waals surface area contributed by atoms with Gasteiger partial charge in [0.15, 0.2) is 6.29 Å². The molecule has 7 heavy (non-hydrogen) atoms. The van der Waals surface area contributed by atoms with Crippen molar-refractivity contribution in [3.8, 4) is 0 Å². The van der Waals surface area contributed by atoms with Gasteiger partial charge in [0.05, 0.1) is 0 Å². The molecule has 0 heterocycles. The third kappa shape index (κ3) is 2.18. The molecule has 0 rings (SSSR count). The maximum Gasteiger partial charge on any atom is 0.181 e. The molecule has 0 aliphatic heterocycles. The Morgan fingerprint density at radius 1 is 1.71 bits per heavy atom. The Morgan fingerprint density at radius 2 is 2.14 bits per heavy atom. The van der Waals surface area contributed by atoms with Crippen molar-refractivity contribution in [2.75, 3.05) is 0 Å². The second kappa shape index (κ2) is 2.59. The van der Waals surface area contributed by atoms with Gasteiger partial charge in [-0.05, 0) is 6.92 Å². The highest BCUT2D eigenvalue weighted by Crippen LogP contribution is 1.91. The standard InChI is InChI=1S/C5H8O2/c1-3-4(2)5(6)7/h5-7H,1H2,2H3. The topological polar surface area (TPSA) is 40.5 Å². The summed E-state index contributed by atoms with van der Waals surface area (Å²) in [5.74, 6) is 0. The molecular formula is C5H8O2. The lowest BCUT2D eigenvalue weighted by Crippen LogP contribution is -2.03. The molecule has 0 spiro atoms. The quantitative estimate of drug-likeness (QED) is 0.360. The fraction of sp³-hybridized carbons (Fsp3) is 0.400. The Balaban J connectivity index is 3.81. The monoisotopic (exact) mass is 100 g/mol. The van der Waals surface area contributed by atoms with Gasteiger partial charge in [-0.3, -0.25) is 0 Å². The van der Waals surface area contributed by atoms with Crippen molar-refractivity contribution < 1.29 is 10.2 Å². The Hall–Kier alpha value is -0.560. The lowest BCUT2D eigenvalue weighted by molar-refractivity contribution is -0.00740. The fourth-order valence-corrected chi connectivity index (χ4v) is 0.0913. The zero-order valence-corrected chi connectivity index (χ0v) is 4.18. The van der Waals surface area contributed by atoms with Crippen LogP contribution >= 0.6 is 0 Å². The molecule has 0 radical (unpaired) electrons. The predicted molar refractivity (Wildman–Crippen MR) is 26.6 cm³/mol. The average molecular weight is 100 g/mol. The minimum absolute atomic E-state index is 0.347. The number of hydrogen-bond acceptors (Lipinski definition) is 2.